The summed E-state index contributed by atoms with van der Waals surface area (Å²) in [6.45, 7) is 4.44. The summed E-state index contributed by atoms with van der Waals surface area (Å²) in [7, 11) is -3.50. The molecule has 6 heteroatoms. The fraction of sp³-hybridized carbons (Fsp3) is 0.450. The lowest BCUT2D eigenvalue weighted by Crippen LogP contribution is -2.25. The number of hydrogen-bond acceptors (Lipinski definition) is 3. The van der Waals surface area contributed by atoms with Crippen LogP contribution in [0.5, 0.6) is 0 Å². The van der Waals surface area contributed by atoms with Gasteiger partial charge in [0.1, 0.15) is 0 Å². The summed E-state index contributed by atoms with van der Waals surface area (Å²) in [4.78, 5) is 12.8. The summed E-state index contributed by atoms with van der Waals surface area (Å²) in [6, 6.07) is 6.31. The van der Waals surface area contributed by atoms with Crippen molar-refractivity contribution in [1.29, 1.82) is 0 Å². The van der Waals surface area contributed by atoms with Gasteiger partial charge in [-0.3, -0.25) is 4.79 Å². The minimum Gasteiger partial charge on any atom is -0.326 e. The normalized spacial score (nSPS) is 15.4. The Morgan fingerprint density at radius 3 is 2.50 bits per heavy atom. The Kier molecular flexibility index (Phi) is 7.60. The minimum atomic E-state index is -3.50. The smallest absolute Gasteiger partial charge is 0.240 e. The van der Waals surface area contributed by atoms with Crippen molar-refractivity contribution in [2.45, 2.75) is 50.8 Å². The SMILES string of the molecule is CCCCNS(=O)(=O)c1ccc(NC(=O)C(CC)C2=CC=CCC2)cc1. The summed E-state index contributed by atoms with van der Waals surface area (Å²) in [6.07, 6.45) is 10.5. The highest BCUT2D eigenvalue weighted by molar-refractivity contribution is 7.89. The number of benzene rings is 1. The molecule has 1 atom stereocenters. The Morgan fingerprint density at radius 2 is 1.92 bits per heavy atom. The molecule has 1 aliphatic rings. The van der Waals surface area contributed by atoms with Crippen molar-refractivity contribution >= 4 is 21.6 Å². The van der Waals surface area contributed by atoms with Crippen molar-refractivity contribution < 1.29 is 13.2 Å². The molecule has 0 spiro atoms. The van der Waals surface area contributed by atoms with E-state index < -0.39 is 10.0 Å². The van der Waals surface area contributed by atoms with Crippen LogP contribution in [0.15, 0.2) is 53.0 Å². The minimum absolute atomic E-state index is 0.0503. The van der Waals surface area contributed by atoms with E-state index in [0.29, 0.717) is 12.2 Å². The van der Waals surface area contributed by atoms with Crippen molar-refractivity contribution in [3.63, 3.8) is 0 Å². The van der Waals surface area contributed by atoms with Crippen LogP contribution in [0, 0.1) is 5.92 Å². The zero-order chi connectivity index (χ0) is 19.0. The molecule has 1 aliphatic carbocycles. The predicted octanol–water partition coefficient (Wildman–Crippen LogP) is 4.01. The molecule has 142 valence electrons. The van der Waals surface area contributed by atoms with Crippen LogP contribution in [0.2, 0.25) is 0 Å². The quantitative estimate of drug-likeness (QED) is 0.640. The number of nitrogens with one attached hydrogen (secondary N) is 2. The number of rotatable bonds is 9. The number of sulfonamides is 1. The largest absolute Gasteiger partial charge is 0.326 e. The molecule has 2 rings (SSSR count). The zero-order valence-electron chi connectivity index (χ0n) is 15.5. The second kappa shape index (κ2) is 9.69. The Morgan fingerprint density at radius 1 is 1.19 bits per heavy atom. The summed E-state index contributed by atoms with van der Waals surface area (Å²) in [5.74, 6) is -0.204. The second-order valence-corrected chi connectivity index (χ2v) is 8.20. The molecule has 0 fully saturated rings. The molecule has 0 radical (unpaired) electrons. The van der Waals surface area contributed by atoms with Crippen LogP contribution in [0.3, 0.4) is 0 Å². The lowest BCUT2D eigenvalue weighted by Gasteiger charge is -2.19. The van der Waals surface area contributed by atoms with E-state index in [0.717, 1.165) is 37.7 Å². The van der Waals surface area contributed by atoms with E-state index >= 15 is 0 Å². The Balaban J connectivity index is 2.02. The fourth-order valence-corrected chi connectivity index (χ4v) is 4.02. The molecule has 0 saturated carbocycles. The number of hydrogen-bond donors (Lipinski definition) is 2. The molecule has 0 heterocycles. The van der Waals surface area contributed by atoms with E-state index in [4.69, 9.17) is 0 Å². The molecule has 0 aromatic heterocycles. The first-order chi connectivity index (χ1) is 12.5. The molecule has 1 amide bonds. The van der Waals surface area contributed by atoms with E-state index in [1.165, 1.54) is 12.1 Å². The molecule has 0 aliphatic heterocycles. The highest BCUT2D eigenvalue weighted by Crippen LogP contribution is 2.25. The Hall–Kier alpha value is -1.92. The molecule has 0 saturated heterocycles. The first kappa shape index (κ1) is 20.4. The number of anilines is 1. The van der Waals surface area contributed by atoms with Gasteiger partial charge in [0.15, 0.2) is 0 Å². The van der Waals surface area contributed by atoms with Crippen LogP contribution in [0.1, 0.15) is 46.0 Å². The molecular weight excluding hydrogens is 348 g/mol. The monoisotopic (exact) mass is 376 g/mol. The van der Waals surface area contributed by atoms with Crippen LogP contribution in [-0.4, -0.2) is 20.9 Å². The van der Waals surface area contributed by atoms with Crippen LogP contribution in [0.4, 0.5) is 5.69 Å². The van der Waals surface area contributed by atoms with E-state index in [1.807, 2.05) is 26.0 Å². The van der Waals surface area contributed by atoms with Gasteiger partial charge in [-0.15, -0.1) is 0 Å². The third kappa shape index (κ3) is 5.54. The maximum absolute atomic E-state index is 12.6. The highest BCUT2D eigenvalue weighted by Gasteiger charge is 2.21. The van der Waals surface area contributed by atoms with Gasteiger partial charge in [0, 0.05) is 12.2 Å². The lowest BCUT2D eigenvalue weighted by molar-refractivity contribution is -0.118. The van der Waals surface area contributed by atoms with E-state index in [1.54, 1.807) is 12.1 Å². The van der Waals surface area contributed by atoms with Gasteiger partial charge in [0.25, 0.3) is 0 Å². The molecule has 1 unspecified atom stereocenters. The fourth-order valence-electron chi connectivity index (χ4n) is 2.94. The molecule has 0 bridgehead atoms. The van der Waals surface area contributed by atoms with Crippen molar-refractivity contribution in [3.8, 4) is 0 Å². The number of allylic oxidation sites excluding steroid dienone is 3. The van der Waals surface area contributed by atoms with Crippen molar-refractivity contribution in [1.82, 2.24) is 4.72 Å². The van der Waals surface area contributed by atoms with Crippen LogP contribution in [-0.2, 0) is 14.8 Å². The van der Waals surface area contributed by atoms with Gasteiger partial charge in [0.05, 0.1) is 10.8 Å². The highest BCUT2D eigenvalue weighted by atomic mass is 32.2. The molecule has 2 N–H and O–H groups in total. The van der Waals surface area contributed by atoms with E-state index in [2.05, 4.69) is 16.1 Å². The Bertz CT molecular complexity index is 765. The summed E-state index contributed by atoms with van der Waals surface area (Å²) >= 11 is 0. The molecular formula is C20H28N2O3S. The maximum Gasteiger partial charge on any atom is 0.240 e. The van der Waals surface area contributed by atoms with Crippen LogP contribution in [0.25, 0.3) is 0 Å². The van der Waals surface area contributed by atoms with Crippen LogP contribution >= 0.6 is 0 Å². The van der Waals surface area contributed by atoms with Gasteiger partial charge >= 0.3 is 0 Å². The lowest BCUT2D eigenvalue weighted by atomic mass is 9.89. The van der Waals surface area contributed by atoms with Crippen LogP contribution < -0.4 is 10.0 Å². The van der Waals surface area contributed by atoms with Crippen molar-refractivity contribution in [2.75, 3.05) is 11.9 Å². The standard InChI is InChI=1S/C20H28N2O3S/c1-3-5-15-21-26(24,25)18-13-11-17(12-14-18)22-20(23)19(4-2)16-9-7-6-8-10-16/h6-7,9,11-14,19,21H,3-5,8,10,15H2,1-2H3,(H,22,23). The third-order valence-corrected chi connectivity index (χ3v) is 5.95. The average Bonchev–Trinajstić information content (AvgIpc) is 2.64. The number of unbranched alkanes of at least 4 members (excludes halogenated alkanes) is 1. The summed E-state index contributed by atoms with van der Waals surface area (Å²) in [5.41, 5.74) is 1.75. The van der Waals surface area contributed by atoms with Gasteiger partial charge in [-0.05, 0) is 49.9 Å². The maximum atomic E-state index is 12.6. The van der Waals surface area contributed by atoms with E-state index in [-0.39, 0.29) is 16.7 Å². The van der Waals surface area contributed by atoms with E-state index in [9.17, 15) is 13.2 Å². The number of amides is 1. The molecule has 1 aromatic rings. The molecule has 1 aromatic carbocycles. The summed E-state index contributed by atoms with van der Waals surface area (Å²) < 4.78 is 27.0. The van der Waals surface area contributed by atoms with Gasteiger partial charge in [-0.25, -0.2) is 13.1 Å². The molecule has 5 nitrogen and oxygen atoms in total. The van der Waals surface area contributed by atoms with Gasteiger partial charge in [-0.1, -0.05) is 44.1 Å². The van der Waals surface area contributed by atoms with Crippen molar-refractivity contribution in [2.24, 2.45) is 5.92 Å². The number of carbonyl (C=O) groups excluding carboxylic acids is 1. The zero-order valence-corrected chi connectivity index (χ0v) is 16.3. The topological polar surface area (TPSA) is 75.3 Å². The predicted molar refractivity (Wildman–Crippen MR) is 105 cm³/mol. The first-order valence-corrected chi connectivity index (χ1v) is 10.7. The van der Waals surface area contributed by atoms with Gasteiger partial charge < -0.3 is 5.32 Å². The third-order valence-electron chi connectivity index (χ3n) is 4.47. The number of carbonyl (C=O) groups is 1. The Labute approximate surface area is 156 Å². The van der Waals surface area contributed by atoms with Gasteiger partial charge in [0.2, 0.25) is 15.9 Å². The first-order valence-electron chi connectivity index (χ1n) is 9.24. The summed E-state index contributed by atoms with van der Waals surface area (Å²) in [5, 5.41) is 2.90. The second-order valence-electron chi connectivity index (χ2n) is 6.43. The average molecular weight is 377 g/mol. The molecule has 26 heavy (non-hydrogen) atoms. The van der Waals surface area contributed by atoms with Gasteiger partial charge in [-0.2, -0.15) is 0 Å². The van der Waals surface area contributed by atoms with Crippen molar-refractivity contribution in [3.05, 3.63) is 48.1 Å².